The van der Waals surface area contributed by atoms with Gasteiger partial charge in [0.2, 0.25) is 0 Å². The lowest BCUT2D eigenvalue weighted by molar-refractivity contribution is 0.189. The van der Waals surface area contributed by atoms with Crippen LogP contribution in [0.2, 0.25) is 0 Å². The van der Waals surface area contributed by atoms with E-state index in [0.29, 0.717) is 0 Å². The second-order valence-electron chi connectivity index (χ2n) is 4.61. The number of nitrogens with zero attached hydrogens (tertiary/aromatic N) is 2. The quantitative estimate of drug-likeness (QED) is 0.757. The molecule has 1 aromatic rings. The monoisotopic (exact) mass is 235 g/mol. The molecular weight excluding hydrogens is 214 g/mol. The lowest BCUT2D eigenvalue weighted by atomic mass is 10.1. The first-order chi connectivity index (χ1) is 8.20. The second-order valence-corrected chi connectivity index (χ2v) is 4.61. The van der Waals surface area contributed by atoms with E-state index in [4.69, 9.17) is 10.8 Å². The van der Waals surface area contributed by atoms with Gasteiger partial charge in [0.25, 0.3) is 0 Å². The summed E-state index contributed by atoms with van der Waals surface area (Å²) in [6.07, 6.45) is 0. The van der Waals surface area contributed by atoms with Gasteiger partial charge >= 0.3 is 0 Å². The van der Waals surface area contributed by atoms with Crippen molar-refractivity contribution in [2.24, 2.45) is 0 Å². The zero-order valence-electron chi connectivity index (χ0n) is 10.4. The van der Waals surface area contributed by atoms with Gasteiger partial charge in [-0.1, -0.05) is 6.07 Å². The number of nitrogens with two attached hydrogens (primary N) is 1. The van der Waals surface area contributed by atoms with E-state index in [1.165, 1.54) is 5.56 Å². The van der Waals surface area contributed by atoms with Crippen molar-refractivity contribution in [2.75, 3.05) is 50.0 Å². The van der Waals surface area contributed by atoms with E-state index >= 15 is 0 Å². The predicted octanol–water partition coefficient (Wildman–Crippen LogP) is 0.692. The molecule has 0 saturated carbocycles. The highest BCUT2D eigenvalue weighted by atomic mass is 16.3. The maximum absolute atomic E-state index is 8.91. The van der Waals surface area contributed by atoms with Gasteiger partial charge in [-0.2, -0.15) is 0 Å². The van der Waals surface area contributed by atoms with Crippen LogP contribution in [0.15, 0.2) is 18.2 Å². The highest BCUT2D eigenvalue weighted by molar-refractivity contribution is 5.68. The maximum atomic E-state index is 8.91. The zero-order valence-corrected chi connectivity index (χ0v) is 10.4. The van der Waals surface area contributed by atoms with Crippen molar-refractivity contribution in [1.82, 2.24) is 4.90 Å². The largest absolute Gasteiger partial charge is 0.397 e. The minimum Gasteiger partial charge on any atom is -0.397 e. The van der Waals surface area contributed by atoms with E-state index in [9.17, 15) is 0 Å². The minimum atomic E-state index is 0.243. The Kier molecular flexibility index (Phi) is 3.86. The van der Waals surface area contributed by atoms with Crippen LogP contribution in [-0.2, 0) is 0 Å². The molecule has 1 saturated heterocycles. The van der Waals surface area contributed by atoms with Crippen molar-refractivity contribution in [3.63, 3.8) is 0 Å². The van der Waals surface area contributed by atoms with Crippen molar-refractivity contribution in [3.05, 3.63) is 23.8 Å². The van der Waals surface area contributed by atoms with Gasteiger partial charge in [-0.15, -0.1) is 0 Å². The molecule has 0 spiro atoms. The first-order valence-corrected chi connectivity index (χ1v) is 6.15. The second kappa shape index (κ2) is 5.38. The molecule has 17 heavy (non-hydrogen) atoms. The number of β-amino-alcohol motifs (C(OH)–C–C–N with tert-alkyl or cyclic N) is 1. The number of aliphatic hydroxyl groups excluding tert-OH is 1. The van der Waals surface area contributed by atoms with E-state index in [1.54, 1.807) is 0 Å². The first-order valence-electron chi connectivity index (χ1n) is 6.15. The molecule has 2 rings (SSSR count). The van der Waals surface area contributed by atoms with Crippen molar-refractivity contribution in [2.45, 2.75) is 6.92 Å². The Morgan fingerprint density at radius 3 is 2.59 bits per heavy atom. The summed E-state index contributed by atoms with van der Waals surface area (Å²) in [6, 6.07) is 6.17. The van der Waals surface area contributed by atoms with Crippen molar-refractivity contribution in [3.8, 4) is 0 Å². The van der Waals surface area contributed by atoms with Gasteiger partial charge < -0.3 is 15.7 Å². The third-order valence-electron chi connectivity index (χ3n) is 3.32. The van der Waals surface area contributed by atoms with E-state index < -0.39 is 0 Å². The number of aryl methyl sites for hydroxylation is 1. The Hall–Kier alpha value is -1.26. The average molecular weight is 235 g/mol. The molecule has 4 nitrogen and oxygen atoms in total. The minimum absolute atomic E-state index is 0.243. The average Bonchev–Trinajstić information content (AvgIpc) is 2.34. The smallest absolute Gasteiger partial charge is 0.0603 e. The molecule has 0 atom stereocenters. The van der Waals surface area contributed by atoms with Gasteiger partial charge in [-0.25, -0.2) is 0 Å². The van der Waals surface area contributed by atoms with E-state index in [1.807, 2.05) is 12.1 Å². The summed E-state index contributed by atoms with van der Waals surface area (Å²) in [7, 11) is 0. The fourth-order valence-corrected chi connectivity index (χ4v) is 2.28. The molecule has 0 unspecified atom stereocenters. The van der Waals surface area contributed by atoms with E-state index in [2.05, 4.69) is 22.8 Å². The van der Waals surface area contributed by atoms with Crippen LogP contribution < -0.4 is 10.6 Å². The molecule has 1 aliphatic heterocycles. The van der Waals surface area contributed by atoms with Crippen LogP contribution in [-0.4, -0.2) is 49.3 Å². The summed E-state index contributed by atoms with van der Waals surface area (Å²) in [5.74, 6) is 0. The first kappa shape index (κ1) is 12.2. The maximum Gasteiger partial charge on any atom is 0.0603 e. The molecule has 94 valence electrons. The summed E-state index contributed by atoms with van der Waals surface area (Å²) in [5, 5.41) is 8.91. The molecule has 0 aliphatic carbocycles. The van der Waals surface area contributed by atoms with Crippen LogP contribution in [0.4, 0.5) is 11.4 Å². The molecule has 3 N–H and O–H groups in total. The summed E-state index contributed by atoms with van der Waals surface area (Å²) < 4.78 is 0. The lowest BCUT2D eigenvalue weighted by Crippen LogP contribution is -2.47. The van der Waals surface area contributed by atoms with Gasteiger partial charge in [0.1, 0.15) is 0 Å². The highest BCUT2D eigenvalue weighted by Gasteiger charge is 2.18. The number of hydrogen-bond acceptors (Lipinski definition) is 4. The third-order valence-corrected chi connectivity index (χ3v) is 3.32. The fraction of sp³-hybridized carbons (Fsp3) is 0.538. The fourth-order valence-electron chi connectivity index (χ4n) is 2.28. The SMILES string of the molecule is Cc1ccc(N)c(N2CCN(CCO)CC2)c1. The molecule has 0 bridgehead atoms. The van der Waals surface area contributed by atoms with Crippen LogP contribution in [0, 0.1) is 6.92 Å². The summed E-state index contributed by atoms with van der Waals surface area (Å²) in [4.78, 5) is 4.61. The number of rotatable bonds is 3. The summed E-state index contributed by atoms with van der Waals surface area (Å²) in [6.45, 7) is 7.05. The molecule has 0 aromatic heterocycles. The number of hydrogen-bond donors (Lipinski definition) is 2. The molecular formula is C13H21N3O. The van der Waals surface area contributed by atoms with Crippen LogP contribution in [0.3, 0.4) is 0 Å². The number of nitrogen functional groups attached to an aromatic ring is 1. The standard InChI is InChI=1S/C13H21N3O/c1-11-2-3-12(14)13(10-11)16-6-4-15(5-7-16)8-9-17/h2-3,10,17H,4-9,14H2,1H3. The topological polar surface area (TPSA) is 52.7 Å². The van der Waals surface area contributed by atoms with Crippen LogP contribution in [0.1, 0.15) is 5.56 Å². The number of aliphatic hydroxyl groups is 1. The number of piperazine rings is 1. The molecule has 1 fully saturated rings. The summed E-state index contributed by atoms with van der Waals surface area (Å²) >= 11 is 0. The van der Waals surface area contributed by atoms with Crippen molar-refractivity contribution >= 4 is 11.4 Å². The highest BCUT2D eigenvalue weighted by Crippen LogP contribution is 2.25. The molecule has 0 radical (unpaired) electrons. The van der Waals surface area contributed by atoms with Gasteiger partial charge in [0.05, 0.1) is 18.0 Å². The molecule has 1 aliphatic rings. The predicted molar refractivity (Wildman–Crippen MR) is 71.3 cm³/mol. The molecule has 1 heterocycles. The number of anilines is 2. The Morgan fingerprint density at radius 1 is 1.24 bits per heavy atom. The lowest BCUT2D eigenvalue weighted by Gasteiger charge is -2.36. The van der Waals surface area contributed by atoms with Gasteiger partial charge in [0.15, 0.2) is 0 Å². The Labute approximate surface area is 103 Å². The number of benzene rings is 1. The molecule has 1 aromatic carbocycles. The van der Waals surface area contributed by atoms with Crippen LogP contribution in [0.5, 0.6) is 0 Å². The summed E-state index contributed by atoms with van der Waals surface area (Å²) in [5.41, 5.74) is 9.26. The molecule has 0 amide bonds. The van der Waals surface area contributed by atoms with Crippen molar-refractivity contribution in [1.29, 1.82) is 0 Å². The van der Waals surface area contributed by atoms with Gasteiger partial charge in [-0.3, -0.25) is 4.90 Å². The Morgan fingerprint density at radius 2 is 1.94 bits per heavy atom. The van der Waals surface area contributed by atoms with Gasteiger partial charge in [0, 0.05) is 32.7 Å². The Bertz CT molecular complexity index is 373. The van der Waals surface area contributed by atoms with E-state index in [-0.39, 0.29) is 6.61 Å². The normalized spacial score (nSPS) is 17.4. The van der Waals surface area contributed by atoms with Crippen molar-refractivity contribution < 1.29 is 5.11 Å². The Balaban J connectivity index is 2.02. The third kappa shape index (κ3) is 2.90. The molecule has 4 heteroatoms. The van der Waals surface area contributed by atoms with E-state index in [0.717, 1.165) is 44.1 Å². The van der Waals surface area contributed by atoms with Crippen LogP contribution >= 0.6 is 0 Å². The van der Waals surface area contributed by atoms with Crippen LogP contribution in [0.25, 0.3) is 0 Å². The van der Waals surface area contributed by atoms with Gasteiger partial charge in [-0.05, 0) is 24.6 Å². The zero-order chi connectivity index (χ0) is 12.3.